The SMILES string of the molecule is CN[C@@H]([C]=O)Cc1cccs1. The number of thiophene rings is 1. The molecular weight excluding hydrogens is 158 g/mol. The summed E-state index contributed by atoms with van der Waals surface area (Å²) in [6, 6.07) is 3.85. The predicted octanol–water partition coefficient (Wildman–Crippen LogP) is 0.988. The van der Waals surface area contributed by atoms with Crippen molar-refractivity contribution in [2.45, 2.75) is 12.5 Å². The Balaban J connectivity index is 2.47. The Hall–Kier alpha value is -0.670. The molecule has 11 heavy (non-hydrogen) atoms. The van der Waals surface area contributed by atoms with Crippen molar-refractivity contribution in [3.63, 3.8) is 0 Å². The van der Waals surface area contributed by atoms with Gasteiger partial charge >= 0.3 is 0 Å². The van der Waals surface area contributed by atoms with E-state index in [4.69, 9.17) is 0 Å². The smallest absolute Gasteiger partial charge is 0.217 e. The average Bonchev–Trinajstić information content (AvgIpc) is 2.52. The Bertz CT molecular complexity index is 208. The monoisotopic (exact) mass is 168 g/mol. The Labute approximate surface area is 70.2 Å². The van der Waals surface area contributed by atoms with Gasteiger partial charge in [0.2, 0.25) is 6.29 Å². The van der Waals surface area contributed by atoms with E-state index in [-0.39, 0.29) is 6.04 Å². The molecule has 0 aliphatic heterocycles. The van der Waals surface area contributed by atoms with Crippen LogP contribution in [0.1, 0.15) is 4.88 Å². The molecule has 1 radical (unpaired) electrons. The third-order valence-electron chi connectivity index (χ3n) is 1.48. The Morgan fingerprint density at radius 3 is 3.09 bits per heavy atom. The van der Waals surface area contributed by atoms with E-state index >= 15 is 0 Å². The first-order valence-corrected chi connectivity index (χ1v) is 4.32. The molecule has 1 heterocycles. The number of carbonyl (C=O) groups excluding carboxylic acids is 1. The van der Waals surface area contributed by atoms with Crippen LogP contribution in [0.15, 0.2) is 17.5 Å². The maximum absolute atomic E-state index is 10.3. The first kappa shape index (κ1) is 8.43. The average molecular weight is 168 g/mol. The minimum atomic E-state index is -0.159. The summed E-state index contributed by atoms with van der Waals surface area (Å²) in [7, 11) is 1.77. The van der Waals surface area contributed by atoms with Crippen LogP contribution in [-0.2, 0) is 11.2 Å². The van der Waals surface area contributed by atoms with Crippen molar-refractivity contribution in [1.82, 2.24) is 5.32 Å². The first-order chi connectivity index (χ1) is 5.36. The van der Waals surface area contributed by atoms with Crippen LogP contribution in [-0.4, -0.2) is 19.4 Å². The molecule has 1 atom stereocenters. The molecule has 0 bridgehead atoms. The highest BCUT2D eigenvalue weighted by molar-refractivity contribution is 7.09. The van der Waals surface area contributed by atoms with Gasteiger partial charge in [-0.1, -0.05) is 6.07 Å². The normalized spacial score (nSPS) is 12.8. The molecular formula is C8H10NOS. The summed E-state index contributed by atoms with van der Waals surface area (Å²) in [6.07, 6.45) is 2.68. The summed E-state index contributed by atoms with van der Waals surface area (Å²) in [5.74, 6) is 0. The largest absolute Gasteiger partial charge is 0.310 e. The van der Waals surface area contributed by atoms with Crippen LogP contribution < -0.4 is 5.32 Å². The van der Waals surface area contributed by atoms with Gasteiger partial charge < -0.3 is 5.32 Å². The van der Waals surface area contributed by atoms with E-state index in [1.807, 2.05) is 23.8 Å². The Kier molecular flexibility index (Phi) is 3.26. The molecule has 0 aromatic carbocycles. The van der Waals surface area contributed by atoms with Crippen molar-refractivity contribution in [3.8, 4) is 0 Å². The van der Waals surface area contributed by atoms with Gasteiger partial charge in [0.05, 0.1) is 6.04 Å². The van der Waals surface area contributed by atoms with Gasteiger partial charge in [0, 0.05) is 11.3 Å². The van der Waals surface area contributed by atoms with Crippen molar-refractivity contribution in [3.05, 3.63) is 22.4 Å². The number of hydrogen-bond donors (Lipinski definition) is 1. The molecule has 2 nitrogen and oxygen atoms in total. The van der Waals surface area contributed by atoms with Gasteiger partial charge in [-0.25, -0.2) is 0 Å². The van der Waals surface area contributed by atoms with E-state index in [0.29, 0.717) is 0 Å². The van der Waals surface area contributed by atoms with E-state index in [1.54, 1.807) is 18.4 Å². The lowest BCUT2D eigenvalue weighted by atomic mass is 10.2. The molecule has 59 valence electrons. The third kappa shape index (κ3) is 2.44. The summed E-state index contributed by atoms with van der Waals surface area (Å²) in [4.78, 5) is 11.5. The second-order valence-electron chi connectivity index (χ2n) is 2.24. The fourth-order valence-electron chi connectivity index (χ4n) is 0.833. The number of hydrogen-bond acceptors (Lipinski definition) is 3. The van der Waals surface area contributed by atoms with Gasteiger partial charge in [-0.05, 0) is 18.5 Å². The van der Waals surface area contributed by atoms with Gasteiger partial charge in [0.15, 0.2) is 0 Å². The third-order valence-corrected chi connectivity index (χ3v) is 2.37. The fraction of sp³-hybridized carbons (Fsp3) is 0.375. The van der Waals surface area contributed by atoms with Crippen LogP contribution >= 0.6 is 11.3 Å². The van der Waals surface area contributed by atoms with Crippen LogP contribution in [0.4, 0.5) is 0 Å². The number of rotatable bonds is 4. The molecule has 0 saturated heterocycles. The summed E-state index contributed by atoms with van der Waals surface area (Å²) in [5, 5.41) is 4.88. The zero-order chi connectivity index (χ0) is 8.10. The standard InChI is InChI=1S/C8H10NOS/c1-9-7(6-10)5-8-3-2-4-11-8/h2-4,7,9H,5H2,1H3/t7-/m1/s1. The number of nitrogens with one attached hydrogen (secondary N) is 1. The molecule has 0 amide bonds. The quantitative estimate of drug-likeness (QED) is 0.726. The van der Waals surface area contributed by atoms with Gasteiger partial charge in [-0.3, -0.25) is 4.79 Å². The lowest BCUT2D eigenvalue weighted by Gasteiger charge is -2.04. The van der Waals surface area contributed by atoms with Gasteiger partial charge in [0.1, 0.15) is 0 Å². The predicted molar refractivity (Wildman–Crippen MR) is 46.6 cm³/mol. The van der Waals surface area contributed by atoms with Crippen LogP contribution in [0.25, 0.3) is 0 Å². The topological polar surface area (TPSA) is 29.1 Å². The van der Waals surface area contributed by atoms with Gasteiger partial charge in [0.25, 0.3) is 0 Å². The minimum Gasteiger partial charge on any atom is -0.310 e. The molecule has 1 aromatic heterocycles. The van der Waals surface area contributed by atoms with Crippen LogP contribution in [0.3, 0.4) is 0 Å². The molecule has 0 saturated carbocycles. The van der Waals surface area contributed by atoms with Gasteiger partial charge in [-0.15, -0.1) is 11.3 Å². The highest BCUT2D eigenvalue weighted by atomic mass is 32.1. The second-order valence-corrected chi connectivity index (χ2v) is 3.27. The van der Waals surface area contributed by atoms with E-state index in [1.165, 1.54) is 4.88 Å². The fourth-order valence-corrected chi connectivity index (χ4v) is 1.58. The maximum Gasteiger partial charge on any atom is 0.217 e. The number of likely N-dealkylation sites (N-methyl/N-ethyl adjacent to an activating group) is 1. The van der Waals surface area contributed by atoms with E-state index < -0.39 is 0 Å². The lowest BCUT2D eigenvalue weighted by Crippen LogP contribution is -2.28. The molecule has 0 aliphatic carbocycles. The van der Waals surface area contributed by atoms with Crippen molar-refractivity contribution in [2.24, 2.45) is 0 Å². The van der Waals surface area contributed by atoms with E-state index in [0.717, 1.165) is 6.42 Å². The molecule has 0 fully saturated rings. The van der Waals surface area contributed by atoms with Gasteiger partial charge in [-0.2, -0.15) is 0 Å². The van der Waals surface area contributed by atoms with Crippen molar-refractivity contribution >= 4 is 17.6 Å². The molecule has 3 heteroatoms. The van der Waals surface area contributed by atoms with E-state index in [2.05, 4.69) is 5.32 Å². The highest BCUT2D eigenvalue weighted by Crippen LogP contribution is 2.09. The minimum absolute atomic E-state index is 0.159. The molecule has 0 spiro atoms. The molecule has 1 aromatic rings. The molecule has 1 rings (SSSR count). The maximum atomic E-state index is 10.3. The summed E-state index contributed by atoms with van der Waals surface area (Å²) < 4.78 is 0. The highest BCUT2D eigenvalue weighted by Gasteiger charge is 2.05. The summed E-state index contributed by atoms with van der Waals surface area (Å²) in [6.45, 7) is 0. The molecule has 0 aliphatic rings. The van der Waals surface area contributed by atoms with Crippen LogP contribution in [0.5, 0.6) is 0 Å². The van der Waals surface area contributed by atoms with Crippen LogP contribution in [0.2, 0.25) is 0 Å². The summed E-state index contributed by atoms with van der Waals surface area (Å²) >= 11 is 1.66. The van der Waals surface area contributed by atoms with Crippen molar-refractivity contribution in [1.29, 1.82) is 0 Å². The molecule has 1 N–H and O–H groups in total. The van der Waals surface area contributed by atoms with E-state index in [9.17, 15) is 4.79 Å². The van der Waals surface area contributed by atoms with Crippen LogP contribution in [0, 0.1) is 0 Å². The molecule has 0 unspecified atom stereocenters. The Morgan fingerprint density at radius 1 is 1.82 bits per heavy atom. The Morgan fingerprint density at radius 2 is 2.64 bits per heavy atom. The van der Waals surface area contributed by atoms with Crippen molar-refractivity contribution < 1.29 is 4.79 Å². The lowest BCUT2D eigenvalue weighted by molar-refractivity contribution is 0.527. The van der Waals surface area contributed by atoms with Crippen molar-refractivity contribution in [2.75, 3.05) is 7.05 Å². The summed E-state index contributed by atoms with van der Waals surface area (Å²) in [5.41, 5.74) is 0. The zero-order valence-corrected chi connectivity index (χ0v) is 7.15. The second kappa shape index (κ2) is 4.26. The first-order valence-electron chi connectivity index (χ1n) is 3.44. The zero-order valence-electron chi connectivity index (χ0n) is 6.33.